The van der Waals surface area contributed by atoms with Crippen LogP contribution in [0.5, 0.6) is 11.6 Å². The molecule has 0 spiro atoms. The summed E-state index contributed by atoms with van der Waals surface area (Å²) in [5, 5.41) is 7.92. The summed E-state index contributed by atoms with van der Waals surface area (Å²) in [6.07, 6.45) is 3.06. The molecule has 0 unspecified atom stereocenters. The SMILES string of the molecule is COc1ccc(CNC(=O)COc2ncnc3c2cnn3-c2cc(C)cc(C)c2)cc1. The highest BCUT2D eigenvalue weighted by molar-refractivity contribution is 5.82. The number of fused-ring (bicyclic) bond motifs is 1. The number of aromatic nitrogens is 4. The van der Waals surface area contributed by atoms with E-state index in [1.165, 1.54) is 6.33 Å². The van der Waals surface area contributed by atoms with Crippen LogP contribution < -0.4 is 14.8 Å². The number of hydrogen-bond acceptors (Lipinski definition) is 6. The zero-order valence-electron chi connectivity index (χ0n) is 17.6. The molecular weight excluding hydrogens is 394 g/mol. The van der Waals surface area contributed by atoms with Gasteiger partial charge in [0.05, 0.1) is 19.0 Å². The summed E-state index contributed by atoms with van der Waals surface area (Å²) in [7, 11) is 1.61. The molecule has 4 rings (SSSR count). The first-order valence-electron chi connectivity index (χ1n) is 9.83. The van der Waals surface area contributed by atoms with Crippen molar-refractivity contribution in [3.8, 4) is 17.3 Å². The van der Waals surface area contributed by atoms with E-state index in [4.69, 9.17) is 9.47 Å². The molecule has 0 aliphatic rings. The minimum atomic E-state index is -0.246. The number of nitrogens with one attached hydrogen (secondary N) is 1. The predicted molar refractivity (Wildman–Crippen MR) is 116 cm³/mol. The molecule has 2 heterocycles. The highest BCUT2D eigenvalue weighted by atomic mass is 16.5. The average molecular weight is 417 g/mol. The molecule has 8 heteroatoms. The molecule has 31 heavy (non-hydrogen) atoms. The summed E-state index contributed by atoms with van der Waals surface area (Å²) in [6, 6.07) is 13.7. The number of carbonyl (C=O) groups excluding carboxylic acids is 1. The van der Waals surface area contributed by atoms with Crippen LogP contribution in [-0.4, -0.2) is 39.4 Å². The lowest BCUT2D eigenvalue weighted by Gasteiger charge is -2.09. The van der Waals surface area contributed by atoms with Gasteiger partial charge in [0.2, 0.25) is 5.88 Å². The molecule has 0 fully saturated rings. The van der Waals surface area contributed by atoms with Gasteiger partial charge in [-0.3, -0.25) is 4.79 Å². The smallest absolute Gasteiger partial charge is 0.258 e. The van der Waals surface area contributed by atoms with Gasteiger partial charge < -0.3 is 14.8 Å². The Labute approximate surface area is 179 Å². The van der Waals surface area contributed by atoms with E-state index in [1.54, 1.807) is 18.0 Å². The van der Waals surface area contributed by atoms with Gasteiger partial charge in [-0.15, -0.1) is 0 Å². The highest BCUT2D eigenvalue weighted by Gasteiger charge is 2.14. The van der Waals surface area contributed by atoms with Crippen LogP contribution in [0.4, 0.5) is 0 Å². The number of nitrogens with zero attached hydrogens (tertiary/aromatic N) is 4. The maximum atomic E-state index is 12.2. The molecule has 0 aliphatic heterocycles. The molecule has 1 amide bonds. The van der Waals surface area contributed by atoms with E-state index >= 15 is 0 Å². The molecule has 2 aromatic heterocycles. The third-order valence-electron chi connectivity index (χ3n) is 4.77. The second-order valence-electron chi connectivity index (χ2n) is 7.23. The fraction of sp³-hybridized carbons (Fsp3) is 0.217. The Morgan fingerprint density at radius 1 is 1.06 bits per heavy atom. The number of rotatable bonds is 7. The molecule has 0 bridgehead atoms. The third kappa shape index (κ3) is 4.63. The van der Waals surface area contributed by atoms with Crippen molar-refractivity contribution < 1.29 is 14.3 Å². The molecule has 2 aromatic carbocycles. The Kier molecular flexibility index (Phi) is 5.79. The molecule has 158 valence electrons. The van der Waals surface area contributed by atoms with E-state index in [0.29, 0.717) is 23.5 Å². The van der Waals surface area contributed by atoms with Gasteiger partial charge in [-0.25, -0.2) is 14.6 Å². The molecule has 0 radical (unpaired) electrons. The predicted octanol–water partition coefficient (Wildman–Crippen LogP) is 3.14. The van der Waals surface area contributed by atoms with Gasteiger partial charge in [0.25, 0.3) is 5.91 Å². The molecule has 0 saturated heterocycles. The van der Waals surface area contributed by atoms with E-state index in [2.05, 4.69) is 26.4 Å². The van der Waals surface area contributed by atoms with Crippen molar-refractivity contribution in [1.29, 1.82) is 0 Å². The van der Waals surface area contributed by atoms with Crippen LogP contribution in [0.25, 0.3) is 16.7 Å². The molecular formula is C23H23N5O3. The maximum absolute atomic E-state index is 12.2. The Hall–Kier alpha value is -3.94. The summed E-state index contributed by atoms with van der Waals surface area (Å²) in [6.45, 7) is 4.32. The summed E-state index contributed by atoms with van der Waals surface area (Å²) in [4.78, 5) is 20.8. The van der Waals surface area contributed by atoms with Gasteiger partial charge in [-0.05, 0) is 54.8 Å². The highest BCUT2D eigenvalue weighted by Crippen LogP contribution is 2.24. The lowest BCUT2D eigenvalue weighted by atomic mass is 10.1. The van der Waals surface area contributed by atoms with Gasteiger partial charge in [0, 0.05) is 6.54 Å². The second kappa shape index (κ2) is 8.83. The molecule has 1 N–H and O–H groups in total. The average Bonchev–Trinajstić information content (AvgIpc) is 3.21. The molecule has 0 aliphatic carbocycles. The third-order valence-corrected chi connectivity index (χ3v) is 4.77. The maximum Gasteiger partial charge on any atom is 0.258 e. The fourth-order valence-electron chi connectivity index (χ4n) is 3.33. The topological polar surface area (TPSA) is 91.2 Å². The first-order valence-corrected chi connectivity index (χ1v) is 9.83. The summed E-state index contributed by atoms with van der Waals surface area (Å²) in [5.41, 5.74) is 4.77. The van der Waals surface area contributed by atoms with E-state index in [1.807, 2.05) is 50.2 Å². The van der Waals surface area contributed by atoms with Crippen molar-refractivity contribution in [3.05, 3.63) is 71.7 Å². The summed E-state index contributed by atoms with van der Waals surface area (Å²) in [5.74, 6) is 0.845. The zero-order valence-corrected chi connectivity index (χ0v) is 17.6. The Morgan fingerprint density at radius 3 is 2.52 bits per heavy atom. The second-order valence-corrected chi connectivity index (χ2v) is 7.23. The van der Waals surface area contributed by atoms with Crippen LogP contribution in [0.1, 0.15) is 16.7 Å². The lowest BCUT2D eigenvalue weighted by molar-refractivity contribution is -0.123. The molecule has 0 saturated carbocycles. The largest absolute Gasteiger partial charge is 0.497 e. The Balaban J connectivity index is 1.44. The minimum absolute atomic E-state index is 0.156. The van der Waals surface area contributed by atoms with Crippen molar-refractivity contribution in [2.24, 2.45) is 0 Å². The Bertz CT molecular complexity index is 1200. The van der Waals surface area contributed by atoms with E-state index in [9.17, 15) is 4.79 Å². The lowest BCUT2D eigenvalue weighted by Crippen LogP contribution is -2.28. The van der Waals surface area contributed by atoms with Crippen LogP contribution in [0.3, 0.4) is 0 Å². The summed E-state index contributed by atoms with van der Waals surface area (Å²) >= 11 is 0. The monoisotopic (exact) mass is 417 g/mol. The molecule has 8 nitrogen and oxygen atoms in total. The number of hydrogen-bond donors (Lipinski definition) is 1. The van der Waals surface area contributed by atoms with Gasteiger partial charge >= 0.3 is 0 Å². The van der Waals surface area contributed by atoms with Gasteiger partial charge in [0.15, 0.2) is 12.3 Å². The van der Waals surface area contributed by atoms with Crippen molar-refractivity contribution in [2.45, 2.75) is 20.4 Å². The number of carbonyl (C=O) groups is 1. The molecule has 4 aromatic rings. The Morgan fingerprint density at radius 2 is 1.81 bits per heavy atom. The van der Waals surface area contributed by atoms with Gasteiger partial charge in [-0.2, -0.15) is 5.10 Å². The number of benzene rings is 2. The number of aryl methyl sites for hydroxylation is 2. The first kappa shape index (κ1) is 20.3. The summed E-state index contributed by atoms with van der Waals surface area (Å²) < 4.78 is 12.5. The van der Waals surface area contributed by atoms with E-state index in [-0.39, 0.29) is 12.5 Å². The number of ether oxygens (including phenoxy) is 2. The van der Waals surface area contributed by atoms with Crippen LogP contribution in [-0.2, 0) is 11.3 Å². The normalized spacial score (nSPS) is 10.8. The van der Waals surface area contributed by atoms with Gasteiger partial charge in [-0.1, -0.05) is 18.2 Å². The van der Waals surface area contributed by atoms with Crippen molar-refractivity contribution >= 4 is 16.9 Å². The van der Waals surface area contributed by atoms with Crippen LogP contribution in [0.15, 0.2) is 55.0 Å². The van der Waals surface area contributed by atoms with Crippen molar-refractivity contribution in [1.82, 2.24) is 25.1 Å². The van der Waals surface area contributed by atoms with Crippen molar-refractivity contribution in [2.75, 3.05) is 13.7 Å². The van der Waals surface area contributed by atoms with Crippen LogP contribution >= 0.6 is 0 Å². The zero-order chi connectivity index (χ0) is 21.8. The minimum Gasteiger partial charge on any atom is -0.497 e. The standard InChI is InChI=1S/C23H23N5O3/c1-15-8-16(2)10-18(9-15)28-22-20(12-27-28)23(26-14-25-22)31-13-21(29)24-11-17-4-6-19(30-3)7-5-17/h4-10,12,14H,11,13H2,1-3H3,(H,24,29). The van der Waals surface area contributed by atoms with E-state index < -0.39 is 0 Å². The van der Waals surface area contributed by atoms with Crippen molar-refractivity contribution in [3.63, 3.8) is 0 Å². The van der Waals surface area contributed by atoms with Gasteiger partial charge in [0.1, 0.15) is 17.5 Å². The first-order chi connectivity index (χ1) is 15.0. The number of methoxy groups -OCH3 is 1. The fourth-order valence-corrected chi connectivity index (χ4v) is 3.33. The quantitative estimate of drug-likeness (QED) is 0.497. The number of amides is 1. The van der Waals surface area contributed by atoms with Crippen LogP contribution in [0.2, 0.25) is 0 Å². The van der Waals surface area contributed by atoms with Crippen LogP contribution in [0, 0.1) is 13.8 Å². The molecule has 0 atom stereocenters. The van der Waals surface area contributed by atoms with E-state index in [0.717, 1.165) is 28.1 Å².